The Balaban J connectivity index is 1.83. The van der Waals surface area contributed by atoms with E-state index >= 15 is 0 Å². The molecule has 7 nitrogen and oxygen atoms in total. The molecule has 25 heavy (non-hydrogen) atoms. The van der Waals surface area contributed by atoms with Crippen molar-refractivity contribution in [3.05, 3.63) is 52.8 Å². The number of nitrogens with zero attached hydrogens (tertiary/aromatic N) is 3. The minimum atomic E-state index is -1.01. The van der Waals surface area contributed by atoms with Crippen LogP contribution in [0.3, 0.4) is 0 Å². The van der Waals surface area contributed by atoms with E-state index in [0.717, 1.165) is 23.1 Å². The SMILES string of the molecule is O=C(O)C1CCCCN1C(=O)Cn1nc(-c2ccccc2)ccc1=O. The van der Waals surface area contributed by atoms with Crippen LogP contribution in [-0.4, -0.2) is 44.3 Å². The van der Waals surface area contributed by atoms with Gasteiger partial charge < -0.3 is 10.0 Å². The van der Waals surface area contributed by atoms with Gasteiger partial charge in [-0.15, -0.1) is 0 Å². The fourth-order valence-electron chi connectivity index (χ4n) is 3.03. The van der Waals surface area contributed by atoms with Gasteiger partial charge in [-0.1, -0.05) is 30.3 Å². The normalized spacial score (nSPS) is 17.3. The molecule has 2 heterocycles. The molecule has 0 saturated carbocycles. The van der Waals surface area contributed by atoms with Gasteiger partial charge in [-0.25, -0.2) is 9.48 Å². The summed E-state index contributed by atoms with van der Waals surface area (Å²) in [7, 11) is 0. The summed E-state index contributed by atoms with van der Waals surface area (Å²) in [5, 5.41) is 13.5. The second-order valence-electron chi connectivity index (χ2n) is 6.02. The summed E-state index contributed by atoms with van der Waals surface area (Å²) in [5.41, 5.74) is 1.03. The average Bonchev–Trinajstić information content (AvgIpc) is 2.64. The fraction of sp³-hybridized carbons (Fsp3) is 0.333. The van der Waals surface area contributed by atoms with Crippen LogP contribution >= 0.6 is 0 Å². The predicted octanol–water partition coefficient (Wildman–Crippen LogP) is 1.38. The lowest BCUT2D eigenvalue weighted by Crippen LogP contribution is -2.49. The van der Waals surface area contributed by atoms with Crippen LogP contribution in [0.15, 0.2) is 47.3 Å². The van der Waals surface area contributed by atoms with Gasteiger partial charge in [-0.3, -0.25) is 9.59 Å². The first kappa shape index (κ1) is 16.9. The van der Waals surface area contributed by atoms with E-state index < -0.39 is 23.5 Å². The summed E-state index contributed by atoms with van der Waals surface area (Å²) in [5.74, 6) is -1.40. The van der Waals surface area contributed by atoms with Crippen molar-refractivity contribution in [1.29, 1.82) is 0 Å². The Kier molecular flexibility index (Phi) is 4.92. The fourth-order valence-corrected chi connectivity index (χ4v) is 3.03. The molecule has 7 heteroatoms. The average molecular weight is 341 g/mol. The zero-order valence-corrected chi connectivity index (χ0v) is 13.7. The highest BCUT2D eigenvalue weighted by Gasteiger charge is 2.32. The second kappa shape index (κ2) is 7.29. The van der Waals surface area contributed by atoms with Crippen LogP contribution in [0.25, 0.3) is 11.3 Å². The van der Waals surface area contributed by atoms with E-state index in [1.165, 1.54) is 11.0 Å². The van der Waals surface area contributed by atoms with E-state index in [1.54, 1.807) is 6.07 Å². The molecular weight excluding hydrogens is 322 g/mol. The van der Waals surface area contributed by atoms with Crippen molar-refractivity contribution < 1.29 is 14.7 Å². The molecule has 1 N–H and O–H groups in total. The standard InChI is InChI=1S/C18H19N3O4/c22-16-10-9-14(13-6-2-1-3-7-13)19-21(16)12-17(23)20-11-5-4-8-15(20)18(24)25/h1-3,6-7,9-10,15H,4-5,8,11-12H2,(H,24,25). The lowest BCUT2D eigenvalue weighted by atomic mass is 10.0. The van der Waals surface area contributed by atoms with Crippen molar-refractivity contribution in [2.45, 2.75) is 31.8 Å². The van der Waals surface area contributed by atoms with Gasteiger partial charge in [0.05, 0.1) is 5.69 Å². The third-order valence-electron chi connectivity index (χ3n) is 4.33. The molecule has 1 aliphatic heterocycles. The summed E-state index contributed by atoms with van der Waals surface area (Å²) in [6.07, 6.45) is 1.98. The zero-order valence-electron chi connectivity index (χ0n) is 13.7. The summed E-state index contributed by atoms with van der Waals surface area (Å²) in [4.78, 5) is 37.3. The van der Waals surface area contributed by atoms with Gasteiger partial charge in [0.2, 0.25) is 5.91 Å². The number of carboxylic acid groups (broad SMARTS) is 1. The van der Waals surface area contributed by atoms with Crippen molar-refractivity contribution in [1.82, 2.24) is 14.7 Å². The van der Waals surface area contributed by atoms with Crippen molar-refractivity contribution in [3.8, 4) is 11.3 Å². The van der Waals surface area contributed by atoms with Gasteiger partial charge in [-0.05, 0) is 25.3 Å². The van der Waals surface area contributed by atoms with Gasteiger partial charge >= 0.3 is 5.97 Å². The maximum absolute atomic E-state index is 12.5. The van der Waals surface area contributed by atoms with E-state index in [4.69, 9.17) is 0 Å². The molecule has 1 aromatic carbocycles. The number of hydrogen-bond acceptors (Lipinski definition) is 4. The number of aromatic nitrogens is 2. The first-order chi connectivity index (χ1) is 12.1. The van der Waals surface area contributed by atoms with Crippen molar-refractivity contribution >= 4 is 11.9 Å². The second-order valence-corrected chi connectivity index (χ2v) is 6.02. The topological polar surface area (TPSA) is 92.5 Å². The zero-order chi connectivity index (χ0) is 17.8. The number of amides is 1. The van der Waals surface area contributed by atoms with Crippen LogP contribution in [0.2, 0.25) is 0 Å². The van der Waals surface area contributed by atoms with Crippen molar-refractivity contribution in [2.75, 3.05) is 6.54 Å². The molecule has 2 aromatic rings. The number of benzene rings is 1. The van der Waals surface area contributed by atoms with Crippen LogP contribution in [0.1, 0.15) is 19.3 Å². The summed E-state index contributed by atoms with van der Waals surface area (Å²) in [6.45, 7) is 0.131. The molecule has 1 unspecified atom stereocenters. The number of aliphatic carboxylic acids is 1. The molecule has 1 saturated heterocycles. The molecule has 3 rings (SSSR count). The quantitative estimate of drug-likeness (QED) is 0.907. The number of piperidine rings is 1. The minimum Gasteiger partial charge on any atom is -0.480 e. The Morgan fingerprint density at radius 1 is 1.12 bits per heavy atom. The van der Waals surface area contributed by atoms with Crippen LogP contribution in [-0.2, 0) is 16.1 Å². The molecule has 0 aliphatic carbocycles. The maximum atomic E-state index is 12.5. The number of carboxylic acids is 1. The highest BCUT2D eigenvalue weighted by molar-refractivity contribution is 5.83. The van der Waals surface area contributed by atoms with E-state index in [-0.39, 0.29) is 6.54 Å². The number of rotatable bonds is 4. The summed E-state index contributed by atoms with van der Waals surface area (Å²) in [6, 6.07) is 11.5. The van der Waals surface area contributed by atoms with Crippen LogP contribution < -0.4 is 5.56 Å². The number of carbonyl (C=O) groups is 2. The molecule has 0 spiro atoms. The lowest BCUT2D eigenvalue weighted by molar-refractivity contribution is -0.152. The molecule has 130 valence electrons. The molecule has 1 fully saturated rings. The molecule has 1 amide bonds. The maximum Gasteiger partial charge on any atom is 0.326 e. The monoisotopic (exact) mass is 341 g/mol. The van der Waals surface area contributed by atoms with Gasteiger partial charge in [0, 0.05) is 18.2 Å². The van der Waals surface area contributed by atoms with Crippen LogP contribution in [0.4, 0.5) is 0 Å². The molecule has 1 aliphatic rings. The highest BCUT2D eigenvalue weighted by Crippen LogP contribution is 2.18. The summed E-state index contributed by atoms with van der Waals surface area (Å²) < 4.78 is 1.10. The van der Waals surface area contributed by atoms with E-state index in [1.807, 2.05) is 30.3 Å². The predicted molar refractivity (Wildman–Crippen MR) is 90.9 cm³/mol. The van der Waals surface area contributed by atoms with E-state index in [9.17, 15) is 19.5 Å². The van der Waals surface area contributed by atoms with E-state index in [2.05, 4.69) is 5.10 Å². The number of likely N-dealkylation sites (tertiary alicyclic amines) is 1. The number of carbonyl (C=O) groups excluding carboxylic acids is 1. The van der Waals surface area contributed by atoms with Crippen LogP contribution in [0.5, 0.6) is 0 Å². The Bertz CT molecular complexity index is 832. The Hall–Kier alpha value is -2.96. The first-order valence-electron chi connectivity index (χ1n) is 8.22. The van der Waals surface area contributed by atoms with Crippen molar-refractivity contribution in [3.63, 3.8) is 0 Å². The third-order valence-corrected chi connectivity index (χ3v) is 4.33. The van der Waals surface area contributed by atoms with Crippen molar-refractivity contribution in [2.24, 2.45) is 0 Å². The Labute approximate surface area is 144 Å². The Morgan fingerprint density at radius 3 is 2.60 bits per heavy atom. The van der Waals surface area contributed by atoms with Crippen LogP contribution in [0, 0.1) is 0 Å². The number of hydrogen-bond donors (Lipinski definition) is 1. The lowest BCUT2D eigenvalue weighted by Gasteiger charge is -2.32. The molecule has 1 aromatic heterocycles. The highest BCUT2D eigenvalue weighted by atomic mass is 16.4. The van der Waals surface area contributed by atoms with Gasteiger partial charge in [-0.2, -0.15) is 5.10 Å². The van der Waals surface area contributed by atoms with Gasteiger partial charge in [0.25, 0.3) is 5.56 Å². The van der Waals surface area contributed by atoms with E-state index in [0.29, 0.717) is 18.7 Å². The third kappa shape index (κ3) is 3.76. The Morgan fingerprint density at radius 2 is 1.88 bits per heavy atom. The van der Waals surface area contributed by atoms with Gasteiger partial charge in [0.1, 0.15) is 12.6 Å². The molecule has 0 radical (unpaired) electrons. The smallest absolute Gasteiger partial charge is 0.326 e. The summed E-state index contributed by atoms with van der Waals surface area (Å²) >= 11 is 0. The first-order valence-corrected chi connectivity index (χ1v) is 8.22. The molecular formula is C18H19N3O4. The molecule has 1 atom stereocenters. The van der Waals surface area contributed by atoms with Gasteiger partial charge in [0.15, 0.2) is 0 Å². The molecule has 0 bridgehead atoms. The minimum absolute atomic E-state index is 0.261. The largest absolute Gasteiger partial charge is 0.480 e.